The van der Waals surface area contributed by atoms with Crippen LogP contribution in [0.15, 0.2) is 18.2 Å². The maximum Gasteiger partial charge on any atom is 0.124 e. The fraction of sp³-hybridized carbons (Fsp3) is 0.571. The van der Waals surface area contributed by atoms with E-state index in [9.17, 15) is 0 Å². The molecule has 0 aliphatic rings. The summed E-state index contributed by atoms with van der Waals surface area (Å²) >= 11 is 0. The average molecular weight is 252 g/mol. The zero-order valence-corrected chi connectivity index (χ0v) is 11.3. The van der Waals surface area contributed by atoms with Crippen LogP contribution in [0.2, 0.25) is 0 Å². The number of hydrogen-bond acceptors (Lipinski definition) is 4. The maximum atomic E-state index is 6.02. The van der Waals surface area contributed by atoms with Crippen LogP contribution in [-0.4, -0.2) is 19.8 Å². The van der Waals surface area contributed by atoms with Crippen LogP contribution in [0.5, 0.6) is 5.75 Å². The lowest BCUT2D eigenvalue weighted by Crippen LogP contribution is -2.22. The Morgan fingerprint density at radius 1 is 1.28 bits per heavy atom. The second-order valence-corrected chi connectivity index (χ2v) is 4.20. The Balaban J connectivity index is 2.89. The molecule has 1 unspecified atom stereocenters. The second-order valence-electron chi connectivity index (χ2n) is 4.20. The summed E-state index contributed by atoms with van der Waals surface area (Å²) in [5, 5.41) is 0. The maximum absolute atomic E-state index is 6.02. The summed E-state index contributed by atoms with van der Waals surface area (Å²) < 4.78 is 11.1. The van der Waals surface area contributed by atoms with E-state index in [-0.39, 0.29) is 6.04 Å². The molecule has 0 saturated heterocycles. The number of rotatable bonds is 8. The molecule has 1 atom stereocenters. The van der Waals surface area contributed by atoms with E-state index in [4.69, 9.17) is 20.9 Å². The van der Waals surface area contributed by atoms with Gasteiger partial charge in [-0.25, -0.2) is 0 Å². The van der Waals surface area contributed by atoms with Crippen LogP contribution in [0.1, 0.15) is 37.4 Å². The molecular weight excluding hydrogens is 228 g/mol. The molecule has 0 saturated carbocycles. The van der Waals surface area contributed by atoms with Crippen molar-refractivity contribution in [3.63, 3.8) is 0 Å². The van der Waals surface area contributed by atoms with Gasteiger partial charge in [0.25, 0.3) is 0 Å². The lowest BCUT2D eigenvalue weighted by Gasteiger charge is -2.17. The number of hydrogen-bond donors (Lipinski definition) is 2. The number of ether oxygens (including phenoxy) is 2. The highest BCUT2D eigenvalue weighted by atomic mass is 16.5. The van der Waals surface area contributed by atoms with Gasteiger partial charge < -0.3 is 20.9 Å². The van der Waals surface area contributed by atoms with E-state index in [1.807, 2.05) is 25.1 Å². The second kappa shape index (κ2) is 8.08. The molecule has 4 heteroatoms. The molecule has 0 fully saturated rings. The molecule has 1 aromatic carbocycles. The summed E-state index contributed by atoms with van der Waals surface area (Å²) in [5.74, 6) is 0.829. The Morgan fingerprint density at radius 2 is 2.06 bits per heavy atom. The van der Waals surface area contributed by atoms with Gasteiger partial charge in [-0.15, -0.1) is 0 Å². The van der Waals surface area contributed by atoms with E-state index in [2.05, 4.69) is 6.92 Å². The van der Waals surface area contributed by atoms with Crippen molar-refractivity contribution in [2.24, 2.45) is 11.5 Å². The lowest BCUT2D eigenvalue weighted by molar-refractivity contribution is 0.134. The summed E-state index contributed by atoms with van der Waals surface area (Å²) in [4.78, 5) is 0. The van der Waals surface area contributed by atoms with Crippen molar-refractivity contribution in [2.75, 3.05) is 19.8 Å². The van der Waals surface area contributed by atoms with E-state index in [1.54, 1.807) is 0 Å². The Labute approximate surface area is 109 Å². The van der Waals surface area contributed by atoms with Crippen LogP contribution >= 0.6 is 0 Å². The topological polar surface area (TPSA) is 70.5 Å². The highest BCUT2D eigenvalue weighted by Crippen LogP contribution is 2.25. The SMILES string of the molecule is CCCOc1ccc(COCC)cc1C(N)CN. The van der Waals surface area contributed by atoms with Crippen LogP contribution in [0.4, 0.5) is 0 Å². The third kappa shape index (κ3) is 4.29. The molecule has 102 valence electrons. The van der Waals surface area contributed by atoms with E-state index in [1.165, 1.54) is 0 Å². The minimum atomic E-state index is -0.196. The van der Waals surface area contributed by atoms with Crippen molar-refractivity contribution in [1.82, 2.24) is 0 Å². The number of benzene rings is 1. The van der Waals surface area contributed by atoms with Crippen molar-refractivity contribution in [1.29, 1.82) is 0 Å². The normalized spacial score (nSPS) is 12.4. The van der Waals surface area contributed by atoms with Crippen molar-refractivity contribution < 1.29 is 9.47 Å². The predicted molar refractivity (Wildman–Crippen MR) is 73.5 cm³/mol. The minimum Gasteiger partial charge on any atom is -0.493 e. The fourth-order valence-electron chi connectivity index (χ4n) is 1.67. The lowest BCUT2D eigenvalue weighted by atomic mass is 10.0. The summed E-state index contributed by atoms with van der Waals surface area (Å²) in [6, 6.07) is 5.79. The molecule has 0 radical (unpaired) electrons. The van der Waals surface area contributed by atoms with Gasteiger partial charge in [0, 0.05) is 24.8 Å². The first kappa shape index (κ1) is 15.0. The highest BCUT2D eigenvalue weighted by molar-refractivity contribution is 5.39. The van der Waals surface area contributed by atoms with Crippen LogP contribution in [-0.2, 0) is 11.3 Å². The van der Waals surface area contributed by atoms with Gasteiger partial charge in [-0.05, 0) is 31.0 Å². The van der Waals surface area contributed by atoms with Crippen LogP contribution < -0.4 is 16.2 Å². The summed E-state index contributed by atoms with van der Waals surface area (Å²) in [6.45, 7) is 6.44. The standard InChI is InChI=1S/C14H24N2O2/c1-3-7-18-14-6-5-11(10-17-4-2)8-12(14)13(16)9-15/h5-6,8,13H,3-4,7,9-10,15-16H2,1-2H3. The van der Waals surface area contributed by atoms with Gasteiger partial charge in [0.1, 0.15) is 5.75 Å². The first-order chi connectivity index (χ1) is 8.72. The van der Waals surface area contributed by atoms with Crippen molar-refractivity contribution in [2.45, 2.75) is 32.9 Å². The monoisotopic (exact) mass is 252 g/mol. The molecule has 0 aliphatic carbocycles. The van der Waals surface area contributed by atoms with Crippen LogP contribution in [0.3, 0.4) is 0 Å². The third-order valence-corrected chi connectivity index (χ3v) is 2.66. The highest BCUT2D eigenvalue weighted by Gasteiger charge is 2.12. The number of nitrogens with two attached hydrogens (primary N) is 2. The Hall–Kier alpha value is -1.10. The van der Waals surface area contributed by atoms with E-state index < -0.39 is 0 Å². The van der Waals surface area contributed by atoms with Gasteiger partial charge in [0.05, 0.1) is 13.2 Å². The third-order valence-electron chi connectivity index (χ3n) is 2.66. The quantitative estimate of drug-likeness (QED) is 0.742. The molecule has 0 bridgehead atoms. The predicted octanol–water partition coefficient (Wildman–Crippen LogP) is 1.97. The molecule has 0 heterocycles. The van der Waals surface area contributed by atoms with E-state index in [0.717, 1.165) is 23.3 Å². The van der Waals surface area contributed by atoms with Crippen molar-refractivity contribution >= 4 is 0 Å². The Bertz CT molecular complexity index is 356. The van der Waals surface area contributed by atoms with Gasteiger partial charge in [0.2, 0.25) is 0 Å². The Kier molecular flexibility index (Phi) is 6.72. The van der Waals surface area contributed by atoms with E-state index >= 15 is 0 Å². The zero-order chi connectivity index (χ0) is 13.4. The van der Waals surface area contributed by atoms with Gasteiger partial charge in [-0.3, -0.25) is 0 Å². The first-order valence-electron chi connectivity index (χ1n) is 6.51. The molecule has 0 spiro atoms. The van der Waals surface area contributed by atoms with Crippen molar-refractivity contribution in [3.8, 4) is 5.75 Å². The molecule has 1 rings (SSSR count). The molecule has 0 aromatic heterocycles. The smallest absolute Gasteiger partial charge is 0.124 e. The van der Waals surface area contributed by atoms with Gasteiger partial charge in [0.15, 0.2) is 0 Å². The largest absolute Gasteiger partial charge is 0.493 e. The first-order valence-corrected chi connectivity index (χ1v) is 6.51. The van der Waals surface area contributed by atoms with Crippen LogP contribution in [0, 0.1) is 0 Å². The Morgan fingerprint density at radius 3 is 2.67 bits per heavy atom. The summed E-state index contributed by atoms with van der Waals surface area (Å²) in [5.41, 5.74) is 13.7. The summed E-state index contributed by atoms with van der Waals surface area (Å²) in [6.07, 6.45) is 0.970. The van der Waals surface area contributed by atoms with Crippen molar-refractivity contribution in [3.05, 3.63) is 29.3 Å². The molecule has 4 N–H and O–H groups in total. The molecule has 0 amide bonds. The molecule has 0 aliphatic heterocycles. The van der Waals surface area contributed by atoms with E-state index in [0.29, 0.717) is 26.4 Å². The molecule has 4 nitrogen and oxygen atoms in total. The average Bonchev–Trinajstić information content (AvgIpc) is 2.42. The van der Waals surface area contributed by atoms with Gasteiger partial charge >= 0.3 is 0 Å². The zero-order valence-electron chi connectivity index (χ0n) is 11.3. The van der Waals surface area contributed by atoms with Gasteiger partial charge in [-0.1, -0.05) is 13.0 Å². The minimum absolute atomic E-state index is 0.196. The molecular formula is C14H24N2O2. The molecule has 1 aromatic rings. The molecule has 18 heavy (non-hydrogen) atoms. The van der Waals surface area contributed by atoms with Gasteiger partial charge in [-0.2, -0.15) is 0 Å². The van der Waals surface area contributed by atoms with Crippen LogP contribution in [0.25, 0.3) is 0 Å². The summed E-state index contributed by atoms with van der Waals surface area (Å²) in [7, 11) is 0. The fourth-order valence-corrected chi connectivity index (χ4v) is 1.67.